The summed E-state index contributed by atoms with van der Waals surface area (Å²) < 4.78 is 0.608. The van der Waals surface area contributed by atoms with Crippen molar-refractivity contribution in [1.82, 2.24) is 0 Å². The van der Waals surface area contributed by atoms with Crippen LogP contribution in [0, 0.1) is 17.3 Å². The average Bonchev–Trinajstić information content (AvgIpc) is 2.26. The Morgan fingerprint density at radius 2 is 1.94 bits per heavy atom. The van der Waals surface area contributed by atoms with Gasteiger partial charge in [0.1, 0.15) is 0 Å². The first-order chi connectivity index (χ1) is 7.93. The van der Waals surface area contributed by atoms with Crippen molar-refractivity contribution in [3.8, 4) is 0 Å². The highest BCUT2D eigenvalue weighted by Crippen LogP contribution is 2.15. The summed E-state index contributed by atoms with van der Waals surface area (Å²) in [5.41, 5.74) is -0.764. The van der Waals surface area contributed by atoms with Gasteiger partial charge in [-0.25, -0.2) is 4.79 Å². The van der Waals surface area contributed by atoms with Gasteiger partial charge < -0.3 is 15.5 Å². The van der Waals surface area contributed by atoms with Crippen LogP contribution in [0.15, 0.2) is 18.2 Å². The van der Waals surface area contributed by atoms with E-state index in [1.165, 1.54) is 25.1 Å². The molecule has 0 bridgehead atoms. The van der Waals surface area contributed by atoms with Gasteiger partial charge in [0, 0.05) is 24.1 Å². The number of benzene rings is 1. The van der Waals surface area contributed by atoms with Gasteiger partial charge in [0.2, 0.25) is 0 Å². The van der Waals surface area contributed by atoms with Crippen molar-refractivity contribution in [2.75, 3.05) is 0 Å². The maximum absolute atomic E-state index is 11.8. The fraction of sp³-hybridized carbons (Fsp3) is 0.100. The summed E-state index contributed by atoms with van der Waals surface area (Å²) in [6, 6.07) is 4.08. The second-order valence-corrected chi connectivity index (χ2v) is 3.90. The van der Waals surface area contributed by atoms with Gasteiger partial charge in [0.25, 0.3) is 16.7 Å². The van der Waals surface area contributed by atoms with Gasteiger partial charge in [0.15, 0.2) is 0 Å². The minimum atomic E-state index is -1.45. The van der Waals surface area contributed by atoms with Gasteiger partial charge in [-0.1, -0.05) is 11.6 Å². The summed E-state index contributed by atoms with van der Waals surface area (Å²) in [6.45, 7) is 1.28. The molecule has 0 spiro atoms. The number of halogens is 1. The van der Waals surface area contributed by atoms with Crippen molar-refractivity contribution in [2.45, 2.75) is 6.92 Å². The molecule has 1 N–H and O–H groups in total. The summed E-state index contributed by atoms with van der Waals surface area (Å²) in [7, 11) is 0. The Morgan fingerprint density at radius 1 is 1.29 bits per heavy atom. The number of aromatic carboxylic acids is 1. The molecule has 1 aromatic carbocycles. The zero-order valence-corrected chi connectivity index (χ0v) is 9.43. The summed E-state index contributed by atoms with van der Waals surface area (Å²) in [5.74, 6) is -1.45. The van der Waals surface area contributed by atoms with Crippen LogP contribution in [0.5, 0.6) is 0 Å². The van der Waals surface area contributed by atoms with Crippen LogP contribution in [0.3, 0.4) is 0 Å². The summed E-state index contributed by atoms with van der Waals surface area (Å²) in [6.07, 6.45) is 0. The minimum absolute atomic E-state index is 0.0736. The third-order valence-electron chi connectivity index (χ3n) is 2.43. The number of aromatic nitrogens is 2. The molecule has 2 rings (SSSR count). The third kappa shape index (κ3) is 1.62. The molecule has 2 aromatic rings. The molecule has 0 aliphatic heterocycles. The highest BCUT2D eigenvalue weighted by Gasteiger charge is 2.30. The maximum atomic E-state index is 11.8. The molecule has 6 nitrogen and oxygen atoms in total. The Balaban J connectivity index is 3.00. The average molecular weight is 255 g/mol. The van der Waals surface area contributed by atoms with Gasteiger partial charge >= 0.3 is 11.7 Å². The maximum Gasteiger partial charge on any atom is 0.409 e. The topological polar surface area (TPSA) is 91.2 Å². The van der Waals surface area contributed by atoms with E-state index in [4.69, 9.17) is 16.7 Å². The van der Waals surface area contributed by atoms with Gasteiger partial charge in [-0.2, -0.15) is 4.73 Å². The van der Waals surface area contributed by atoms with Crippen molar-refractivity contribution in [3.63, 3.8) is 0 Å². The van der Waals surface area contributed by atoms with Crippen LogP contribution in [0.4, 0.5) is 0 Å². The highest BCUT2D eigenvalue weighted by molar-refractivity contribution is 6.31. The van der Waals surface area contributed by atoms with Crippen LogP contribution >= 0.6 is 11.6 Å². The van der Waals surface area contributed by atoms with Crippen LogP contribution in [-0.2, 0) is 0 Å². The van der Waals surface area contributed by atoms with E-state index in [0.29, 0.717) is 4.73 Å². The Hall–Kier alpha value is -2.08. The van der Waals surface area contributed by atoms with E-state index in [1.807, 2.05) is 0 Å². The Bertz CT molecular complexity index is 642. The monoisotopic (exact) mass is 254 g/mol. The van der Waals surface area contributed by atoms with E-state index in [2.05, 4.69) is 0 Å². The van der Waals surface area contributed by atoms with Gasteiger partial charge in [-0.05, 0) is 6.07 Å². The molecule has 0 aliphatic carbocycles. The molecule has 1 heterocycles. The Labute approximate surface area is 100 Å². The number of carboxylic acid groups (broad SMARTS) is 1. The van der Waals surface area contributed by atoms with E-state index in [9.17, 15) is 15.2 Å². The fourth-order valence-corrected chi connectivity index (χ4v) is 1.78. The molecule has 0 amide bonds. The van der Waals surface area contributed by atoms with E-state index < -0.39 is 11.7 Å². The molecule has 0 aliphatic rings. The number of carbonyl (C=O) groups is 1. The SMILES string of the molecule is Cc1c(C(=O)O)[n+]([O-])c2cc(Cl)ccc2[n+]1[O-]. The predicted molar refractivity (Wildman–Crippen MR) is 58.6 cm³/mol. The second kappa shape index (κ2) is 3.74. The lowest BCUT2D eigenvalue weighted by molar-refractivity contribution is -0.635. The van der Waals surface area contributed by atoms with Crippen molar-refractivity contribution in [1.29, 1.82) is 0 Å². The normalized spacial score (nSPS) is 10.7. The lowest BCUT2D eigenvalue weighted by Crippen LogP contribution is -2.46. The quantitative estimate of drug-likeness (QED) is 0.601. The predicted octanol–water partition coefficient (Wildman–Crippen LogP) is 0.767. The van der Waals surface area contributed by atoms with Crippen molar-refractivity contribution < 1.29 is 19.4 Å². The van der Waals surface area contributed by atoms with E-state index in [-0.39, 0.29) is 26.5 Å². The van der Waals surface area contributed by atoms with Crippen LogP contribution in [0.2, 0.25) is 5.02 Å². The first-order valence-corrected chi connectivity index (χ1v) is 4.99. The molecule has 0 radical (unpaired) electrons. The van der Waals surface area contributed by atoms with E-state index in [0.717, 1.165) is 0 Å². The first kappa shape index (κ1) is 11.4. The second-order valence-electron chi connectivity index (χ2n) is 3.46. The molecular weight excluding hydrogens is 248 g/mol. The molecule has 0 saturated heterocycles. The lowest BCUT2D eigenvalue weighted by Gasteiger charge is -2.08. The van der Waals surface area contributed by atoms with Gasteiger partial charge in [-0.15, -0.1) is 4.73 Å². The molecule has 7 heteroatoms. The van der Waals surface area contributed by atoms with Crippen molar-refractivity contribution >= 4 is 28.6 Å². The number of rotatable bonds is 1. The van der Waals surface area contributed by atoms with Gasteiger partial charge in [-0.3, -0.25) is 0 Å². The summed E-state index contributed by atoms with van der Waals surface area (Å²) in [4.78, 5) is 10.9. The highest BCUT2D eigenvalue weighted by atomic mass is 35.5. The van der Waals surface area contributed by atoms with Crippen LogP contribution in [0.25, 0.3) is 11.0 Å². The molecule has 0 fully saturated rings. The fourth-order valence-electron chi connectivity index (χ4n) is 1.62. The minimum Gasteiger partial charge on any atom is -0.618 e. The number of nitrogens with zero attached hydrogens (tertiary/aromatic N) is 2. The molecule has 0 unspecified atom stereocenters. The standard InChI is InChI=1S/C10H7ClN2O4/c1-5-9(10(14)15)13(17)8-4-6(11)2-3-7(8)12(5)16/h2-4H,1H3,(H,14,15). The molecule has 1 aromatic heterocycles. The Morgan fingerprint density at radius 3 is 2.53 bits per heavy atom. The van der Waals surface area contributed by atoms with Crippen molar-refractivity contribution in [2.24, 2.45) is 0 Å². The number of hydrogen-bond donors (Lipinski definition) is 1. The van der Waals surface area contributed by atoms with Crippen LogP contribution in [0.1, 0.15) is 16.2 Å². The Kier molecular flexibility index (Phi) is 2.51. The zero-order chi connectivity index (χ0) is 12.7. The summed E-state index contributed by atoms with van der Waals surface area (Å²) in [5, 5.41) is 32.7. The lowest BCUT2D eigenvalue weighted by atomic mass is 10.2. The smallest absolute Gasteiger partial charge is 0.409 e. The third-order valence-corrected chi connectivity index (χ3v) is 2.66. The summed E-state index contributed by atoms with van der Waals surface area (Å²) >= 11 is 5.70. The zero-order valence-electron chi connectivity index (χ0n) is 8.68. The molecule has 0 atom stereocenters. The number of carboxylic acids is 1. The van der Waals surface area contributed by atoms with E-state index >= 15 is 0 Å². The number of fused-ring (bicyclic) bond motifs is 1. The van der Waals surface area contributed by atoms with Crippen LogP contribution in [-0.4, -0.2) is 11.1 Å². The largest absolute Gasteiger partial charge is 0.618 e. The van der Waals surface area contributed by atoms with Crippen molar-refractivity contribution in [3.05, 3.63) is 45.0 Å². The van der Waals surface area contributed by atoms with E-state index in [1.54, 1.807) is 0 Å². The molecular formula is C10H7ClN2O4. The molecule has 17 heavy (non-hydrogen) atoms. The van der Waals surface area contributed by atoms with Gasteiger partial charge in [0.05, 0.1) is 0 Å². The van der Waals surface area contributed by atoms with Crippen LogP contribution < -0.4 is 9.46 Å². The molecule has 88 valence electrons. The number of hydrogen-bond acceptors (Lipinski definition) is 3. The molecule has 0 saturated carbocycles. The first-order valence-electron chi connectivity index (χ1n) is 4.61.